The fraction of sp³-hybridized carbons (Fsp3) is 0.438. The summed E-state index contributed by atoms with van der Waals surface area (Å²) in [5, 5.41) is 18.6. The van der Waals surface area contributed by atoms with Gasteiger partial charge in [0.1, 0.15) is 48.6 Å². The van der Waals surface area contributed by atoms with E-state index in [0.717, 1.165) is 91.6 Å². The van der Waals surface area contributed by atoms with Gasteiger partial charge in [-0.1, -0.05) is 18.2 Å². The maximum Gasteiger partial charge on any atom is 0.488 e. The number of phosphoric acid groups is 2. The second-order valence-corrected chi connectivity index (χ2v) is 24.7. The summed E-state index contributed by atoms with van der Waals surface area (Å²) in [5.41, 5.74) is 12.9. The van der Waals surface area contributed by atoms with Crippen molar-refractivity contribution < 1.29 is 75.5 Å². The number of nitrogens with one attached hydrogen (secondary N) is 2. The number of anilines is 2. The number of aromatic nitrogens is 4. The van der Waals surface area contributed by atoms with Gasteiger partial charge in [0.05, 0.1) is 19.0 Å². The molecule has 9 rings (SSSR count). The van der Waals surface area contributed by atoms with Gasteiger partial charge in [0, 0.05) is 91.8 Å². The smallest absolute Gasteiger partial charge is 0.456 e. The van der Waals surface area contributed by atoms with Crippen LogP contribution >= 0.6 is 22.4 Å². The van der Waals surface area contributed by atoms with Gasteiger partial charge in [-0.25, -0.2) is 37.8 Å². The topological polar surface area (TPSA) is 345 Å². The number of nitrogens with zero attached hydrogens (tertiary/aromatic N) is 7. The van der Waals surface area contributed by atoms with Crippen LogP contribution in [0.15, 0.2) is 61.2 Å². The van der Waals surface area contributed by atoms with Crippen LogP contribution in [-0.2, 0) is 61.2 Å². The zero-order valence-corrected chi connectivity index (χ0v) is 46.2. The number of amides is 3. The minimum absolute atomic E-state index is 0.0124. The molecule has 9 N–H and O–H groups in total. The van der Waals surface area contributed by atoms with Crippen LogP contribution in [0, 0.1) is 0 Å². The largest absolute Gasteiger partial charge is 0.488 e. The molecule has 0 aliphatic carbocycles. The van der Waals surface area contributed by atoms with Crippen molar-refractivity contribution in [1.29, 1.82) is 0 Å². The van der Waals surface area contributed by atoms with Crippen LogP contribution in [0.2, 0.25) is 0 Å². The number of carbonyl (C=O) groups is 3. The van der Waals surface area contributed by atoms with Crippen molar-refractivity contribution in [3.05, 3.63) is 99.6 Å². The lowest BCUT2D eigenvalue weighted by molar-refractivity contribution is -0.121. The minimum Gasteiger partial charge on any atom is -0.456 e. The molecule has 2 aromatic heterocycles. The van der Waals surface area contributed by atoms with Gasteiger partial charge in [0.15, 0.2) is 23.8 Å². The predicted molar refractivity (Wildman–Crippen MR) is 285 cm³/mol. The lowest BCUT2D eigenvalue weighted by Crippen LogP contribution is -2.42. The minimum atomic E-state index is -5.68. The van der Waals surface area contributed by atoms with Crippen LogP contribution in [0.4, 0.5) is 16.3 Å². The first-order chi connectivity index (χ1) is 37.1. The summed E-state index contributed by atoms with van der Waals surface area (Å²) in [4.78, 5) is 95.0. The second kappa shape index (κ2) is 23.5. The molecule has 30 heteroatoms. The lowest BCUT2D eigenvalue weighted by Gasteiger charge is -2.33. The molecule has 6 atom stereocenters. The van der Waals surface area contributed by atoms with Crippen molar-refractivity contribution in [3.63, 3.8) is 0 Å². The Kier molecular flexibility index (Phi) is 17.2. The molecule has 1 fully saturated rings. The van der Waals surface area contributed by atoms with E-state index in [0.29, 0.717) is 12.0 Å². The Morgan fingerprint density at radius 1 is 0.949 bits per heavy atom. The summed E-state index contributed by atoms with van der Waals surface area (Å²) in [5.74, 6) is 0.897. The average Bonchev–Trinajstić information content (AvgIpc) is 4.00. The molecule has 0 radical (unpaired) electrons. The zero-order chi connectivity index (χ0) is 55.7. The molecule has 2 unspecified atom stereocenters. The number of aliphatic hydroxyl groups excluding tert-OH is 1. The number of fused-ring (bicyclic) bond motifs is 5. The highest BCUT2D eigenvalue weighted by Gasteiger charge is 2.50. The molecule has 418 valence electrons. The zero-order valence-electron chi connectivity index (χ0n) is 42.7. The Hall–Kier alpha value is -5.76. The molecule has 78 heavy (non-hydrogen) atoms. The SMILES string of the molecule is CCN1CCCc2cc3c(cc21)Oc1cc2c(cc1=C3c1ccccc1C(=O)N(C)CCCC(=O)NCCNC(=O)O[C@H]1[C@@H](O)[C@H](n3cnc4c(N)ncnc43)O[C@@H]1COP(=O)(O)OP(=O)(O)OP(O)(O)=S)CCC[N+]=2CC. The van der Waals surface area contributed by atoms with Crippen molar-refractivity contribution in [1.82, 2.24) is 39.6 Å². The normalized spacial score (nSPS) is 20.3. The van der Waals surface area contributed by atoms with Gasteiger partial charge in [-0.05, 0) is 80.7 Å². The summed E-state index contributed by atoms with van der Waals surface area (Å²) in [6, 6.07) is 16.4. The van der Waals surface area contributed by atoms with E-state index in [1.165, 1.54) is 33.1 Å². The van der Waals surface area contributed by atoms with Crippen LogP contribution < -0.4 is 41.2 Å². The van der Waals surface area contributed by atoms with Gasteiger partial charge in [0.25, 0.3) is 5.91 Å². The number of rotatable bonds is 20. The molecular weight excluding hydrogens is 1100 g/mol. The molecule has 3 aromatic carbocycles. The number of phosphoric ester groups is 1. The van der Waals surface area contributed by atoms with Crippen LogP contribution in [-0.4, -0.2) is 145 Å². The summed E-state index contributed by atoms with van der Waals surface area (Å²) in [6.07, 6.45) is -1.00. The molecular formula is C48H60N10O16P3S+. The number of hydrogen-bond donors (Lipinski definition) is 8. The Bertz CT molecular complexity index is 3440. The highest BCUT2D eigenvalue weighted by molar-refractivity contribution is 8.08. The van der Waals surface area contributed by atoms with Crippen LogP contribution in [0.5, 0.6) is 11.5 Å². The van der Waals surface area contributed by atoms with E-state index in [4.69, 9.17) is 24.5 Å². The number of carbonyl (C=O) groups excluding carboxylic acids is 3. The molecule has 0 saturated carbocycles. The van der Waals surface area contributed by atoms with Crippen molar-refractivity contribution in [2.45, 2.75) is 76.9 Å². The molecule has 5 aromatic rings. The number of aryl methyl sites for hydroxylation is 2. The lowest BCUT2D eigenvalue weighted by atomic mass is 9.86. The van der Waals surface area contributed by atoms with Crippen molar-refractivity contribution in [2.24, 2.45) is 0 Å². The maximum absolute atomic E-state index is 14.5. The number of hydrogen-bond acceptors (Lipinski definition) is 18. The average molecular weight is 1160 g/mol. The third kappa shape index (κ3) is 12.6. The number of aliphatic hydroxyl groups is 1. The van der Waals surface area contributed by atoms with Crippen LogP contribution in [0.3, 0.4) is 0 Å². The molecule has 6 heterocycles. The van der Waals surface area contributed by atoms with Crippen molar-refractivity contribution in [3.8, 4) is 11.5 Å². The third-order valence-electron chi connectivity index (χ3n) is 13.7. The van der Waals surface area contributed by atoms with Gasteiger partial charge in [-0.15, -0.1) is 0 Å². The number of alkyl carbamates (subject to hydrolysis) is 1. The van der Waals surface area contributed by atoms with Gasteiger partial charge < -0.3 is 65.1 Å². The predicted octanol–water partition coefficient (Wildman–Crippen LogP) is 2.47. The first-order valence-corrected chi connectivity index (χ1v) is 30.8. The number of nitrogens with two attached hydrogens (primary N) is 1. The Labute approximate surface area is 451 Å². The van der Waals surface area contributed by atoms with Crippen LogP contribution in [0.1, 0.15) is 78.4 Å². The third-order valence-corrected chi connectivity index (χ3v) is 18.1. The summed E-state index contributed by atoms with van der Waals surface area (Å²) >= 11 is 4.11. The molecule has 0 spiro atoms. The fourth-order valence-electron chi connectivity index (χ4n) is 10.2. The Morgan fingerprint density at radius 2 is 1.72 bits per heavy atom. The van der Waals surface area contributed by atoms with Crippen LogP contribution in [0.25, 0.3) is 16.7 Å². The standard InChI is InChI=1S/C48H59N10O16P3S/c1-4-56-19-8-11-28-21-32-36(23-34(28)56)70-37-24-35-29(12-9-20-57(35)5-2)22-33(37)40(32)30-13-6-7-14-31(30)46(61)55(3)18-10-15-39(59)50-16-17-51-48(62)72-43-38(25-69-75(63,64)73-76(65,66)74-77(67,68)78)71-47(42(43)60)58-27-54-41-44(49)52-26-53-45(41)58/h6-7,13-14,21-24,26-27,38,42-43,47,60H,4-5,8-12,15-20,25H2,1-3H3,(H7-,49,50,51,52,53,59,62,63,64,65,66,67,68,78)/p+1/t38-,42-,43-,47-/m1/s1. The van der Waals surface area contributed by atoms with E-state index < -0.39 is 59.6 Å². The number of benzene rings is 3. The highest BCUT2D eigenvalue weighted by atomic mass is 32.5. The first kappa shape index (κ1) is 56.9. The maximum atomic E-state index is 14.5. The van der Waals surface area contributed by atoms with Gasteiger partial charge >= 0.3 is 28.5 Å². The Balaban J connectivity index is 0.823. The van der Waals surface area contributed by atoms with Crippen molar-refractivity contribution in [2.75, 3.05) is 70.1 Å². The number of ether oxygens (including phenoxy) is 3. The highest BCUT2D eigenvalue weighted by Crippen LogP contribution is 2.66. The first-order valence-electron chi connectivity index (χ1n) is 25.1. The van der Waals surface area contributed by atoms with E-state index in [1.54, 1.807) is 11.9 Å². The van der Waals surface area contributed by atoms with Gasteiger partial charge in [-0.3, -0.25) is 18.7 Å². The van der Waals surface area contributed by atoms with Gasteiger partial charge in [-0.2, -0.15) is 4.31 Å². The fourth-order valence-corrected chi connectivity index (χ4v) is 14.0. The molecule has 26 nitrogen and oxygen atoms in total. The number of imidazole rings is 1. The second-order valence-electron chi connectivity index (χ2n) is 18.8. The number of nitrogen functional groups attached to an aromatic ring is 1. The molecule has 4 aliphatic rings. The van der Waals surface area contributed by atoms with E-state index in [2.05, 4.69) is 93.6 Å². The molecule has 4 aliphatic heterocycles. The van der Waals surface area contributed by atoms with Crippen molar-refractivity contribution >= 4 is 80.3 Å². The molecule has 1 saturated heterocycles. The summed E-state index contributed by atoms with van der Waals surface area (Å²) in [7, 11) is -9.57. The monoisotopic (exact) mass is 1160 g/mol. The van der Waals surface area contributed by atoms with E-state index in [-0.39, 0.29) is 54.9 Å². The molecule has 3 amide bonds. The summed E-state index contributed by atoms with van der Waals surface area (Å²) < 4.78 is 59.2. The van der Waals surface area contributed by atoms with E-state index in [1.807, 2.05) is 24.3 Å². The van der Waals surface area contributed by atoms with E-state index >= 15 is 0 Å². The van der Waals surface area contributed by atoms with E-state index in [9.17, 15) is 48.2 Å². The summed E-state index contributed by atoms with van der Waals surface area (Å²) in [6.45, 7) is 2.12. The Morgan fingerprint density at radius 3 is 2.49 bits per heavy atom. The quantitative estimate of drug-likeness (QED) is 0.0309. The molecule has 0 bridgehead atoms. The van der Waals surface area contributed by atoms with Gasteiger partial charge in [0.2, 0.25) is 11.3 Å².